The first-order chi connectivity index (χ1) is 6.87. The quantitative estimate of drug-likeness (QED) is 0.572. The summed E-state index contributed by atoms with van der Waals surface area (Å²) in [5.41, 5.74) is 4.66. The number of benzene rings is 1. The molecule has 0 radical (unpaired) electrons. The van der Waals surface area contributed by atoms with Crippen LogP contribution in [0.4, 0.5) is 0 Å². The molecule has 0 bridgehead atoms. The highest BCUT2D eigenvalue weighted by Crippen LogP contribution is 2.15. The number of Topliss-reactive ketones (excluding diaryl/α,β-unsaturated/α-hetero) is 1. The first-order valence-corrected chi connectivity index (χ1v) is 4.50. The van der Waals surface area contributed by atoms with E-state index in [0.29, 0.717) is 5.56 Å². The Morgan fingerprint density at radius 1 is 1.33 bits per heavy atom. The first-order valence-electron chi connectivity index (χ1n) is 4.50. The molecule has 1 unspecified atom stereocenters. The summed E-state index contributed by atoms with van der Waals surface area (Å²) in [5, 5.41) is 8.82. The fraction of sp³-hybridized carbons (Fsp3) is 0.273. The molecule has 0 fully saturated rings. The van der Waals surface area contributed by atoms with Gasteiger partial charge in [0.1, 0.15) is 0 Å². The maximum atomic E-state index is 11.8. The summed E-state index contributed by atoms with van der Waals surface area (Å²) in [6, 6.07) is 6.77. The fourth-order valence-corrected chi connectivity index (χ4v) is 1.20. The molecule has 0 amide bonds. The van der Waals surface area contributed by atoms with Crippen molar-refractivity contribution in [3.63, 3.8) is 0 Å². The van der Waals surface area contributed by atoms with Crippen LogP contribution in [0.15, 0.2) is 24.3 Å². The third-order valence-electron chi connectivity index (χ3n) is 2.31. The van der Waals surface area contributed by atoms with Gasteiger partial charge < -0.3 is 10.8 Å². The Kier molecular flexibility index (Phi) is 2.90. The largest absolute Gasteiger partial charge is 0.480 e. The van der Waals surface area contributed by atoms with Crippen LogP contribution in [-0.2, 0) is 4.79 Å². The van der Waals surface area contributed by atoms with E-state index in [1.54, 1.807) is 31.2 Å². The average Bonchev–Trinajstić information content (AvgIpc) is 2.17. The van der Waals surface area contributed by atoms with E-state index in [-0.39, 0.29) is 0 Å². The van der Waals surface area contributed by atoms with Crippen molar-refractivity contribution < 1.29 is 14.7 Å². The van der Waals surface area contributed by atoms with Crippen molar-refractivity contribution in [2.75, 3.05) is 0 Å². The highest BCUT2D eigenvalue weighted by Gasteiger charge is 2.37. The number of hydrogen-bond acceptors (Lipinski definition) is 3. The Bertz CT molecular complexity index is 410. The van der Waals surface area contributed by atoms with E-state index >= 15 is 0 Å². The van der Waals surface area contributed by atoms with E-state index in [4.69, 9.17) is 10.8 Å². The molecule has 0 aliphatic rings. The Labute approximate surface area is 87.7 Å². The molecule has 80 valence electrons. The van der Waals surface area contributed by atoms with E-state index in [1.807, 2.05) is 0 Å². The van der Waals surface area contributed by atoms with Crippen LogP contribution >= 0.6 is 0 Å². The number of ketones is 1. The Morgan fingerprint density at radius 2 is 1.87 bits per heavy atom. The molecular formula is C11H13NO3. The maximum absolute atomic E-state index is 11.8. The number of rotatable bonds is 3. The number of carbonyl (C=O) groups is 2. The van der Waals surface area contributed by atoms with Crippen molar-refractivity contribution >= 4 is 11.8 Å². The van der Waals surface area contributed by atoms with Gasteiger partial charge in [-0.15, -0.1) is 0 Å². The van der Waals surface area contributed by atoms with Crippen molar-refractivity contribution in [3.05, 3.63) is 35.4 Å². The lowest BCUT2D eigenvalue weighted by Crippen LogP contribution is -2.52. The van der Waals surface area contributed by atoms with Crippen LogP contribution < -0.4 is 5.73 Å². The van der Waals surface area contributed by atoms with Gasteiger partial charge >= 0.3 is 5.97 Å². The molecule has 1 aromatic carbocycles. The lowest BCUT2D eigenvalue weighted by molar-refractivity contribution is -0.140. The van der Waals surface area contributed by atoms with E-state index in [9.17, 15) is 9.59 Å². The third kappa shape index (κ3) is 2.05. The number of carboxylic acid groups (broad SMARTS) is 1. The van der Waals surface area contributed by atoms with Gasteiger partial charge in [0.05, 0.1) is 0 Å². The SMILES string of the molecule is Cc1ccccc1C(=O)C(C)(N)C(=O)O. The van der Waals surface area contributed by atoms with Crippen LogP contribution in [0.5, 0.6) is 0 Å². The normalized spacial score (nSPS) is 14.3. The second kappa shape index (κ2) is 3.82. The van der Waals surface area contributed by atoms with Crippen molar-refractivity contribution in [1.29, 1.82) is 0 Å². The number of carbonyl (C=O) groups excluding carboxylic acids is 1. The lowest BCUT2D eigenvalue weighted by atomic mass is 9.90. The van der Waals surface area contributed by atoms with Gasteiger partial charge in [0.25, 0.3) is 0 Å². The van der Waals surface area contributed by atoms with E-state index < -0.39 is 17.3 Å². The number of carboxylic acids is 1. The zero-order chi connectivity index (χ0) is 11.6. The zero-order valence-corrected chi connectivity index (χ0v) is 8.65. The number of aliphatic carboxylic acids is 1. The summed E-state index contributed by atoms with van der Waals surface area (Å²) in [7, 11) is 0. The minimum atomic E-state index is -1.87. The third-order valence-corrected chi connectivity index (χ3v) is 2.31. The molecule has 0 saturated heterocycles. The predicted molar refractivity (Wildman–Crippen MR) is 55.7 cm³/mol. The maximum Gasteiger partial charge on any atom is 0.331 e. The fourth-order valence-electron chi connectivity index (χ4n) is 1.20. The van der Waals surface area contributed by atoms with Gasteiger partial charge in [-0.2, -0.15) is 0 Å². The molecule has 0 heterocycles. The summed E-state index contributed by atoms with van der Waals surface area (Å²) >= 11 is 0. The molecule has 0 saturated carbocycles. The van der Waals surface area contributed by atoms with Gasteiger partial charge in [0.2, 0.25) is 0 Å². The molecule has 0 aromatic heterocycles. The van der Waals surface area contributed by atoms with Crippen molar-refractivity contribution in [2.24, 2.45) is 5.73 Å². The van der Waals surface area contributed by atoms with Gasteiger partial charge in [-0.3, -0.25) is 4.79 Å². The van der Waals surface area contributed by atoms with Crippen molar-refractivity contribution in [3.8, 4) is 0 Å². The highest BCUT2D eigenvalue weighted by atomic mass is 16.4. The molecule has 4 heteroatoms. The minimum absolute atomic E-state index is 0.352. The van der Waals surface area contributed by atoms with Crippen LogP contribution in [0.1, 0.15) is 22.8 Å². The van der Waals surface area contributed by atoms with Gasteiger partial charge in [0.15, 0.2) is 11.3 Å². The molecular weight excluding hydrogens is 194 g/mol. The highest BCUT2D eigenvalue weighted by molar-refractivity contribution is 6.15. The number of nitrogens with two attached hydrogens (primary N) is 1. The van der Waals surface area contributed by atoms with Crippen LogP contribution in [-0.4, -0.2) is 22.4 Å². The van der Waals surface area contributed by atoms with E-state index in [1.165, 1.54) is 6.92 Å². The van der Waals surface area contributed by atoms with E-state index in [2.05, 4.69) is 0 Å². The molecule has 0 spiro atoms. The van der Waals surface area contributed by atoms with Gasteiger partial charge in [0, 0.05) is 5.56 Å². The summed E-state index contributed by atoms with van der Waals surface area (Å²) in [6.45, 7) is 2.94. The molecule has 15 heavy (non-hydrogen) atoms. The summed E-state index contributed by atoms with van der Waals surface area (Å²) in [4.78, 5) is 22.6. The Balaban J connectivity index is 3.16. The summed E-state index contributed by atoms with van der Waals surface area (Å²) in [6.07, 6.45) is 0. The molecule has 3 N–H and O–H groups in total. The predicted octanol–water partition coefficient (Wildman–Crippen LogP) is 0.980. The Hall–Kier alpha value is -1.68. The second-order valence-electron chi connectivity index (χ2n) is 3.65. The standard InChI is InChI=1S/C11H13NO3/c1-7-5-3-4-6-8(7)9(13)11(2,12)10(14)15/h3-6H,12H2,1-2H3,(H,14,15). The average molecular weight is 207 g/mol. The lowest BCUT2D eigenvalue weighted by Gasteiger charge is -2.18. The first kappa shape index (κ1) is 11.4. The van der Waals surface area contributed by atoms with E-state index in [0.717, 1.165) is 5.56 Å². The molecule has 1 aromatic rings. The van der Waals surface area contributed by atoms with Crippen molar-refractivity contribution in [1.82, 2.24) is 0 Å². The van der Waals surface area contributed by atoms with Crippen LogP contribution in [0.2, 0.25) is 0 Å². The molecule has 0 aliphatic carbocycles. The Morgan fingerprint density at radius 3 is 2.33 bits per heavy atom. The molecule has 1 rings (SSSR count). The zero-order valence-electron chi connectivity index (χ0n) is 8.65. The van der Waals surface area contributed by atoms with Crippen LogP contribution in [0.25, 0.3) is 0 Å². The molecule has 1 atom stereocenters. The smallest absolute Gasteiger partial charge is 0.331 e. The number of aryl methyl sites for hydroxylation is 1. The topological polar surface area (TPSA) is 80.4 Å². The second-order valence-corrected chi connectivity index (χ2v) is 3.65. The summed E-state index contributed by atoms with van der Waals surface area (Å²) in [5.74, 6) is -1.90. The minimum Gasteiger partial charge on any atom is -0.480 e. The summed E-state index contributed by atoms with van der Waals surface area (Å²) < 4.78 is 0. The van der Waals surface area contributed by atoms with Gasteiger partial charge in [-0.25, -0.2) is 4.79 Å². The molecule has 4 nitrogen and oxygen atoms in total. The van der Waals surface area contributed by atoms with Gasteiger partial charge in [-0.1, -0.05) is 24.3 Å². The van der Waals surface area contributed by atoms with Gasteiger partial charge in [-0.05, 0) is 19.4 Å². The molecule has 0 aliphatic heterocycles. The monoisotopic (exact) mass is 207 g/mol. The van der Waals surface area contributed by atoms with Crippen LogP contribution in [0, 0.1) is 6.92 Å². The number of hydrogen-bond donors (Lipinski definition) is 2. The van der Waals surface area contributed by atoms with Crippen molar-refractivity contribution in [2.45, 2.75) is 19.4 Å². The van der Waals surface area contributed by atoms with Crippen LogP contribution in [0.3, 0.4) is 0 Å².